The first-order chi connectivity index (χ1) is 30.5. The smallest absolute Gasteiger partial charge is 0.308 e. The zero-order valence-corrected chi connectivity index (χ0v) is 40.4. The average molecular weight is 873 g/mol. The van der Waals surface area contributed by atoms with Crippen molar-refractivity contribution >= 4 is 11.9 Å². The predicted molar refractivity (Wildman–Crippen MR) is 260 cm³/mol. The Hall–Kier alpha value is -2.30. The molecule has 0 heterocycles. The highest BCUT2D eigenvalue weighted by Gasteiger charge is 2.28. The van der Waals surface area contributed by atoms with E-state index in [0.717, 1.165) is 64.5 Å². The van der Waals surface area contributed by atoms with Gasteiger partial charge in [0.25, 0.3) is 0 Å². The van der Waals surface area contributed by atoms with Gasteiger partial charge < -0.3 is 29.0 Å². The van der Waals surface area contributed by atoms with Gasteiger partial charge in [-0.2, -0.15) is 0 Å². The Bertz CT molecular complexity index is 1120. The third kappa shape index (κ3) is 40.5. The Kier molecular flexibility index (Phi) is 42.1. The van der Waals surface area contributed by atoms with Crippen LogP contribution in [0.4, 0.5) is 0 Å². The van der Waals surface area contributed by atoms with Crippen molar-refractivity contribution in [2.45, 2.75) is 206 Å². The van der Waals surface area contributed by atoms with Crippen molar-refractivity contribution in [3.8, 4) is 0 Å². The van der Waals surface area contributed by atoms with E-state index in [1.807, 2.05) is 0 Å². The molecule has 1 saturated carbocycles. The first-order valence-corrected chi connectivity index (χ1v) is 25.6. The number of nitrogens with zero attached hydrogens (tertiary/aromatic N) is 2. The summed E-state index contributed by atoms with van der Waals surface area (Å²) in [5.74, 6) is -0.457. The number of aliphatic hydroxyl groups excluding tert-OH is 1. The molecule has 0 radical (unpaired) electrons. The average Bonchev–Trinajstić information content (AvgIpc) is 4.12. The molecule has 360 valence electrons. The van der Waals surface area contributed by atoms with Crippen LogP contribution in [0, 0.1) is 0 Å². The van der Waals surface area contributed by atoms with Gasteiger partial charge in [-0.15, -0.1) is 0 Å². The fourth-order valence-electron chi connectivity index (χ4n) is 7.31. The Balaban J connectivity index is 2.20. The minimum atomic E-state index is -0.248. The summed E-state index contributed by atoms with van der Waals surface area (Å²) in [4.78, 5) is 29.4. The lowest BCUT2D eigenvalue weighted by Crippen LogP contribution is -2.40. The summed E-state index contributed by atoms with van der Waals surface area (Å²) in [6.07, 6.45) is 49.3. The van der Waals surface area contributed by atoms with Gasteiger partial charge in [-0.25, -0.2) is 0 Å². The third-order valence-electron chi connectivity index (χ3n) is 11.4. The Morgan fingerprint density at radius 2 is 1.02 bits per heavy atom. The van der Waals surface area contributed by atoms with Gasteiger partial charge in [-0.3, -0.25) is 14.5 Å². The summed E-state index contributed by atoms with van der Waals surface area (Å²) in [6, 6.07) is 0.590. The lowest BCUT2D eigenvalue weighted by molar-refractivity contribution is -0.147. The molecule has 0 spiro atoms. The summed E-state index contributed by atoms with van der Waals surface area (Å²) < 4.78 is 23.0. The van der Waals surface area contributed by atoms with Crippen molar-refractivity contribution in [3.05, 3.63) is 48.6 Å². The van der Waals surface area contributed by atoms with Crippen molar-refractivity contribution < 1.29 is 33.6 Å². The SMILES string of the molecule is CCCCC/C=C\C/C=C\CCCCCCCCOC(=O)CCOCC(CN(C)CCN(CCO)C1CC1)OCCC(=O)OCCCCCCCC/C=C\C/C=C\CCCCC. The van der Waals surface area contributed by atoms with Crippen LogP contribution in [0.3, 0.4) is 0 Å². The molecule has 0 saturated heterocycles. The highest BCUT2D eigenvalue weighted by molar-refractivity contribution is 5.69. The number of carbonyl (C=O) groups excluding carboxylic acids is 2. The summed E-state index contributed by atoms with van der Waals surface area (Å²) >= 11 is 0. The molecular weight excluding hydrogens is 777 g/mol. The van der Waals surface area contributed by atoms with E-state index in [-0.39, 0.29) is 50.7 Å². The van der Waals surface area contributed by atoms with Crippen molar-refractivity contribution in [3.63, 3.8) is 0 Å². The maximum Gasteiger partial charge on any atom is 0.308 e. The largest absolute Gasteiger partial charge is 0.466 e. The maximum atomic E-state index is 12.5. The van der Waals surface area contributed by atoms with Crippen molar-refractivity contribution in [1.29, 1.82) is 0 Å². The first kappa shape index (κ1) is 57.7. The molecule has 62 heavy (non-hydrogen) atoms. The predicted octanol–water partition coefficient (Wildman–Crippen LogP) is 12.3. The number of unbranched alkanes of at least 4 members (excludes halogenated alkanes) is 18. The summed E-state index contributed by atoms with van der Waals surface area (Å²) in [5, 5.41) is 9.49. The molecule has 0 bridgehead atoms. The standard InChI is InChI=1S/C53H96N2O7/c1-4-6-8-10-12-14-16-18-20-22-24-26-28-30-32-34-44-61-52(57)38-46-59-49-51(48-54(3)40-41-55(42-43-56)50-36-37-50)60-47-39-53(58)62-45-35-33-31-29-27-25-23-21-19-17-15-13-11-9-7-5-2/h12-15,18-21,50-51,56H,4-11,16-17,22-49H2,1-3H3/b14-12-,15-13-,20-18-,21-19-. The highest BCUT2D eigenvalue weighted by atomic mass is 16.6. The van der Waals surface area contributed by atoms with Crippen LogP contribution in [0.25, 0.3) is 0 Å². The van der Waals surface area contributed by atoms with Crippen molar-refractivity contribution in [2.24, 2.45) is 0 Å². The normalized spacial score (nSPS) is 13.9. The number of carbonyl (C=O) groups is 2. The molecule has 1 aliphatic carbocycles. The van der Waals surface area contributed by atoms with E-state index in [0.29, 0.717) is 39.0 Å². The van der Waals surface area contributed by atoms with E-state index in [1.54, 1.807) is 0 Å². The zero-order chi connectivity index (χ0) is 44.8. The van der Waals surface area contributed by atoms with Crippen LogP contribution in [0.1, 0.15) is 194 Å². The lowest BCUT2D eigenvalue weighted by Gasteiger charge is -2.27. The van der Waals surface area contributed by atoms with Gasteiger partial charge >= 0.3 is 11.9 Å². The number of likely N-dealkylation sites (N-methyl/N-ethyl adjacent to an activating group) is 1. The second-order valence-electron chi connectivity index (χ2n) is 17.4. The third-order valence-corrected chi connectivity index (χ3v) is 11.4. The van der Waals surface area contributed by atoms with Gasteiger partial charge in [-0.1, -0.05) is 140 Å². The van der Waals surface area contributed by atoms with Crippen LogP contribution in [0.2, 0.25) is 0 Å². The molecule has 1 N–H and O–H groups in total. The van der Waals surface area contributed by atoms with E-state index in [4.69, 9.17) is 18.9 Å². The molecule has 1 rings (SSSR count). The maximum absolute atomic E-state index is 12.5. The number of hydrogen-bond donors (Lipinski definition) is 1. The van der Waals surface area contributed by atoms with Crippen molar-refractivity contribution in [1.82, 2.24) is 9.80 Å². The van der Waals surface area contributed by atoms with E-state index >= 15 is 0 Å². The van der Waals surface area contributed by atoms with Gasteiger partial charge in [0.05, 0.1) is 58.6 Å². The minimum absolute atomic E-state index is 0.171. The lowest BCUT2D eigenvalue weighted by atomic mass is 10.1. The summed E-state index contributed by atoms with van der Waals surface area (Å²) in [6.45, 7) is 9.51. The van der Waals surface area contributed by atoms with Crippen molar-refractivity contribution in [2.75, 3.05) is 72.9 Å². The molecule has 0 aromatic heterocycles. The fraction of sp³-hybridized carbons (Fsp3) is 0.811. The molecule has 0 aromatic carbocycles. The molecule has 1 fully saturated rings. The Morgan fingerprint density at radius 1 is 0.565 bits per heavy atom. The van der Waals surface area contributed by atoms with Gasteiger partial charge in [0.15, 0.2) is 0 Å². The van der Waals surface area contributed by atoms with Gasteiger partial charge in [-0.05, 0) is 96.9 Å². The topological polar surface area (TPSA) is 97.8 Å². The van der Waals surface area contributed by atoms with Crippen LogP contribution in [0.15, 0.2) is 48.6 Å². The first-order valence-electron chi connectivity index (χ1n) is 25.6. The number of rotatable bonds is 47. The van der Waals surface area contributed by atoms with Crippen LogP contribution >= 0.6 is 0 Å². The van der Waals surface area contributed by atoms with Gasteiger partial charge in [0.2, 0.25) is 0 Å². The van der Waals surface area contributed by atoms with Crippen LogP contribution in [0.5, 0.6) is 0 Å². The van der Waals surface area contributed by atoms with Crippen LogP contribution in [-0.2, 0) is 28.5 Å². The minimum Gasteiger partial charge on any atom is -0.466 e. The summed E-state index contributed by atoms with van der Waals surface area (Å²) in [5.41, 5.74) is 0. The molecule has 9 heteroatoms. The van der Waals surface area contributed by atoms with E-state index in [2.05, 4.69) is 79.3 Å². The molecule has 0 aliphatic heterocycles. The molecule has 1 atom stereocenters. The van der Waals surface area contributed by atoms with Crippen LogP contribution in [-0.4, -0.2) is 112 Å². The number of allylic oxidation sites excluding steroid dienone is 8. The van der Waals surface area contributed by atoms with Crippen LogP contribution < -0.4 is 0 Å². The molecular formula is C53H96N2O7. The van der Waals surface area contributed by atoms with E-state index in [9.17, 15) is 14.7 Å². The van der Waals surface area contributed by atoms with Gasteiger partial charge in [0.1, 0.15) is 0 Å². The monoisotopic (exact) mass is 873 g/mol. The second kappa shape index (κ2) is 45.3. The Labute approximate surface area is 381 Å². The van der Waals surface area contributed by atoms with E-state index in [1.165, 1.54) is 116 Å². The fourth-order valence-corrected chi connectivity index (χ4v) is 7.31. The number of aliphatic hydroxyl groups is 1. The van der Waals surface area contributed by atoms with Gasteiger partial charge in [0, 0.05) is 32.2 Å². The number of ether oxygens (including phenoxy) is 4. The molecule has 1 aliphatic rings. The number of esters is 2. The van der Waals surface area contributed by atoms with E-state index < -0.39 is 0 Å². The molecule has 1 unspecified atom stereocenters. The quantitative estimate of drug-likeness (QED) is 0.0364. The number of hydrogen-bond acceptors (Lipinski definition) is 9. The molecule has 0 amide bonds. The highest BCUT2D eigenvalue weighted by Crippen LogP contribution is 2.26. The Morgan fingerprint density at radius 3 is 1.48 bits per heavy atom. The molecule has 9 nitrogen and oxygen atoms in total. The second-order valence-corrected chi connectivity index (χ2v) is 17.4. The molecule has 0 aromatic rings. The zero-order valence-electron chi connectivity index (χ0n) is 40.4. The summed E-state index contributed by atoms with van der Waals surface area (Å²) in [7, 11) is 2.06.